The van der Waals surface area contributed by atoms with Gasteiger partial charge in [-0.2, -0.15) is 0 Å². The van der Waals surface area contributed by atoms with Crippen LogP contribution in [0.25, 0.3) is 0 Å². The second-order valence-electron chi connectivity index (χ2n) is 4.84. The highest BCUT2D eigenvalue weighted by Gasteiger charge is 2.12. The number of nitro benzene ring substituents is 1. The van der Waals surface area contributed by atoms with Gasteiger partial charge >= 0.3 is 5.97 Å². The summed E-state index contributed by atoms with van der Waals surface area (Å²) in [5.41, 5.74) is 0.135. The summed E-state index contributed by atoms with van der Waals surface area (Å²) in [4.78, 5) is 33.7. The molecule has 0 saturated heterocycles. The minimum Gasteiger partial charge on any atom is -0.425 e. The summed E-state index contributed by atoms with van der Waals surface area (Å²) in [6, 6.07) is 9.77. The lowest BCUT2D eigenvalue weighted by molar-refractivity contribution is -0.384. The van der Waals surface area contributed by atoms with Crippen molar-refractivity contribution in [2.45, 2.75) is 6.42 Å². The Balaban J connectivity index is 1.83. The van der Waals surface area contributed by atoms with E-state index in [1.54, 1.807) is 12.1 Å². The lowest BCUT2D eigenvalue weighted by Crippen LogP contribution is -2.27. The van der Waals surface area contributed by atoms with Gasteiger partial charge in [-0.05, 0) is 24.3 Å². The maximum absolute atomic E-state index is 11.9. The molecule has 7 nitrogen and oxygen atoms in total. The fourth-order valence-corrected chi connectivity index (χ4v) is 2.18. The van der Waals surface area contributed by atoms with E-state index < -0.39 is 16.8 Å². The first-order chi connectivity index (χ1) is 11.9. The molecule has 0 bridgehead atoms. The Morgan fingerprint density at radius 1 is 1.12 bits per heavy atom. The van der Waals surface area contributed by atoms with Gasteiger partial charge in [0, 0.05) is 24.2 Å². The third kappa shape index (κ3) is 5.17. The molecule has 130 valence electrons. The Labute approximate surface area is 152 Å². The summed E-state index contributed by atoms with van der Waals surface area (Å²) in [5, 5.41) is 13.5. The van der Waals surface area contributed by atoms with Crippen LogP contribution in [0.3, 0.4) is 0 Å². The SMILES string of the molecule is O=C(CCNC(=O)c1ccc([N+](=O)[O-])cc1)Oc1cccc(Cl)c1Cl. The largest absolute Gasteiger partial charge is 0.425 e. The van der Waals surface area contributed by atoms with Crippen LogP contribution in [0.15, 0.2) is 42.5 Å². The molecule has 25 heavy (non-hydrogen) atoms. The molecule has 0 aliphatic carbocycles. The van der Waals surface area contributed by atoms with Crippen LogP contribution in [-0.4, -0.2) is 23.3 Å². The average Bonchev–Trinajstić information content (AvgIpc) is 2.59. The van der Waals surface area contributed by atoms with Gasteiger partial charge in [0.25, 0.3) is 11.6 Å². The minimum atomic E-state index is -0.590. The standard InChI is InChI=1S/C16H12Cl2N2O5/c17-12-2-1-3-13(15(12)18)25-14(21)8-9-19-16(22)10-4-6-11(7-5-10)20(23)24/h1-7H,8-9H2,(H,19,22). The summed E-state index contributed by atoms with van der Waals surface area (Å²) in [6.45, 7) is 0.0346. The maximum atomic E-state index is 11.9. The average molecular weight is 383 g/mol. The first-order valence-corrected chi connectivity index (χ1v) is 7.81. The number of nitrogens with zero attached hydrogens (tertiary/aromatic N) is 1. The molecule has 0 radical (unpaired) electrons. The van der Waals surface area contributed by atoms with Crippen LogP contribution < -0.4 is 10.1 Å². The van der Waals surface area contributed by atoms with Crippen molar-refractivity contribution >= 4 is 40.8 Å². The number of hydrogen-bond donors (Lipinski definition) is 1. The molecule has 0 atom stereocenters. The number of ether oxygens (including phenoxy) is 1. The number of hydrogen-bond acceptors (Lipinski definition) is 5. The Hall–Kier alpha value is -2.64. The predicted octanol–water partition coefficient (Wildman–Crippen LogP) is 3.63. The van der Waals surface area contributed by atoms with E-state index in [1.807, 2.05) is 0 Å². The van der Waals surface area contributed by atoms with E-state index in [9.17, 15) is 19.7 Å². The van der Waals surface area contributed by atoms with Crippen LogP contribution in [0, 0.1) is 10.1 Å². The Kier molecular flexibility index (Phi) is 6.32. The third-order valence-corrected chi connectivity index (χ3v) is 3.90. The predicted molar refractivity (Wildman–Crippen MR) is 92.1 cm³/mol. The number of carbonyl (C=O) groups is 2. The molecule has 0 fully saturated rings. The topological polar surface area (TPSA) is 98.5 Å². The monoisotopic (exact) mass is 382 g/mol. The molecule has 0 spiro atoms. The van der Waals surface area contributed by atoms with Crippen molar-refractivity contribution in [1.29, 1.82) is 0 Å². The molecule has 2 rings (SSSR count). The van der Waals surface area contributed by atoms with Crippen LogP contribution >= 0.6 is 23.2 Å². The lowest BCUT2D eigenvalue weighted by Gasteiger charge is -2.08. The van der Waals surface area contributed by atoms with Crippen molar-refractivity contribution in [3.8, 4) is 5.75 Å². The zero-order valence-corrected chi connectivity index (χ0v) is 14.2. The van der Waals surface area contributed by atoms with Crippen LogP contribution in [0.2, 0.25) is 10.0 Å². The van der Waals surface area contributed by atoms with Gasteiger partial charge in [-0.1, -0.05) is 29.3 Å². The van der Waals surface area contributed by atoms with Gasteiger partial charge in [0.2, 0.25) is 0 Å². The number of halogens is 2. The number of nitro groups is 1. The second kappa shape index (κ2) is 8.46. The van der Waals surface area contributed by atoms with Crippen LogP contribution in [0.1, 0.15) is 16.8 Å². The van der Waals surface area contributed by atoms with Gasteiger partial charge in [0.1, 0.15) is 5.02 Å². The van der Waals surface area contributed by atoms with Crippen LogP contribution in [-0.2, 0) is 4.79 Å². The summed E-state index contributed by atoms with van der Waals surface area (Å²) in [7, 11) is 0. The zero-order valence-electron chi connectivity index (χ0n) is 12.7. The molecule has 0 aliphatic rings. The van der Waals surface area contributed by atoms with Crippen LogP contribution in [0.5, 0.6) is 5.75 Å². The number of carbonyl (C=O) groups excluding carboxylic acids is 2. The Morgan fingerprint density at radius 3 is 2.44 bits per heavy atom. The Morgan fingerprint density at radius 2 is 1.80 bits per heavy atom. The summed E-state index contributed by atoms with van der Waals surface area (Å²) < 4.78 is 5.07. The van der Waals surface area contributed by atoms with Crippen molar-refractivity contribution < 1.29 is 19.2 Å². The molecule has 1 N–H and O–H groups in total. The summed E-state index contributed by atoms with van der Waals surface area (Å²) >= 11 is 11.7. The van der Waals surface area contributed by atoms with E-state index in [0.717, 1.165) is 0 Å². The van der Waals surface area contributed by atoms with Gasteiger partial charge in [0.05, 0.1) is 16.4 Å². The highest BCUT2D eigenvalue weighted by atomic mass is 35.5. The van der Waals surface area contributed by atoms with Crippen molar-refractivity contribution in [3.63, 3.8) is 0 Å². The van der Waals surface area contributed by atoms with E-state index in [4.69, 9.17) is 27.9 Å². The van der Waals surface area contributed by atoms with E-state index in [2.05, 4.69) is 5.32 Å². The fraction of sp³-hybridized carbons (Fsp3) is 0.125. The zero-order chi connectivity index (χ0) is 18.4. The molecule has 2 aromatic carbocycles. The number of benzene rings is 2. The van der Waals surface area contributed by atoms with Gasteiger partial charge in [-0.15, -0.1) is 0 Å². The number of amides is 1. The molecular formula is C16H12Cl2N2O5. The quantitative estimate of drug-likeness (QED) is 0.356. The fourth-order valence-electron chi connectivity index (χ4n) is 1.85. The van der Waals surface area contributed by atoms with E-state index in [1.165, 1.54) is 30.3 Å². The smallest absolute Gasteiger partial charge is 0.313 e. The number of nitrogens with one attached hydrogen (secondary N) is 1. The lowest BCUT2D eigenvalue weighted by atomic mass is 10.2. The van der Waals surface area contributed by atoms with Gasteiger partial charge in [-0.3, -0.25) is 19.7 Å². The summed E-state index contributed by atoms with van der Waals surface area (Å²) in [5.74, 6) is -0.905. The highest BCUT2D eigenvalue weighted by Crippen LogP contribution is 2.31. The molecule has 0 aliphatic heterocycles. The first kappa shape index (κ1) is 18.7. The van der Waals surface area contributed by atoms with E-state index in [-0.39, 0.29) is 40.0 Å². The first-order valence-electron chi connectivity index (χ1n) is 7.06. The normalized spacial score (nSPS) is 10.2. The highest BCUT2D eigenvalue weighted by molar-refractivity contribution is 6.43. The van der Waals surface area contributed by atoms with Crippen molar-refractivity contribution in [3.05, 3.63) is 68.2 Å². The van der Waals surface area contributed by atoms with E-state index >= 15 is 0 Å². The van der Waals surface area contributed by atoms with Crippen molar-refractivity contribution in [2.24, 2.45) is 0 Å². The summed E-state index contributed by atoms with van der Waals surface area (Å²) in [6.07, 6.45) is -0.0818. The van der Waals surface area contributed by atoms with Crippen molar-refractivity contribution in [1.82, 2.24) is 5.32 Å². The molecular weight excluding hydrogens is 371 g/mol. The molecule has 0 saturated carbocycles. The van der Waals surface area contributed by atoms with Gasteiger partial charge in [0.15, 0.2) is 5.75 Å². The van der Waals surface area contributed by atoms with Gasteiger partial charge < -0.3 is 10.1 Å². The van der Waals surface area contributed by atoms with Gasteiger partial charge in [-0.25, -0.2) is 0 Å². The van der Waals surface area contributed by atoms with Crippen LogP contribution in [0.4, 0.5) is 5.69 Å². The molecule has 9 heteroatoms. The van der Waals surface area contributed by atoms with Crippen molar-refractivity contribution in [2.75, 3.05) is 6.54 Å². The molecule has 2 aromatic rings. The van der Waals surface area contributed by atoms with E-state index in [0.29, 0.717) is 0 Å². The molecule has 0 unspecified atom stereocenters. The second-order valence-corrected chi connectivity index (χ2v) is 5.62. The third-order valence-electron chi connectivity index (χ3n) is 3.09. The molecule has 0 aromatic heterocycles. The number of non-ortho nitro benzene ring substituents is 1. The number of esters is 1. The molecule has 1 amide bonds. The maximum Gasteiger partial charge on any atom is 0.313 e. The number of rotatable bonds is 6. The molecule has 0 heterocycles. The Bertz CT molecular complexity index is 809. The minimum absolute atomic E-state index is 0.0346.